The maximum atomic E-state index is 13.6. The first kappa shape index (κ1) is 17.1. The fourth-order valence-electron chi connectivity index (χ4n) is 2.50. The van der Waals surface area contributed by atoms with Crippen molar-refractivity contribution >= 4 is 12.0 Å². The first-order chi connectivity index (χ1) is 11.0. The molecule has 0 radical (unpaired) electrons. The first-order valence-corrected chi connectivity index (χ1v) is 7.61. The van der Waals surface area contributed by atoms with Gasteiger partial charge >= 0.3 is 6.09 Å². The van der Waals surface area contributed by atoms with Crippen molar-refractivity contribution < 1.29 is 23.5 Å². The summed E-state index contributed by atoms with van der Waals surface area (Å²) in [7, 11) is 1.37. The van der Waals surface area contributed by atoms with Crippen LogP contribution in [0.25, 0.3) is 0 Å². The number of carbonyl (C=O) groups is 2. The standard InChI is InChI=1S/C16H21FN2O4/c1-3-23-16(21)19-8-6-12(7-9-19)18-15(20)11-4-5-14(22-2)13(17)10-11/h4-5,10,12H,3,6-9H2,1-2H3,(H,18,20). The molecular weight excluding hydrogens is 303 g/mol. The number of benzene rings is 1. The molecule has 0 atom stereocenters. The normalized spacial score (nSPS) is 15.2. The second-order valence-electron chi connectivity index (χ2n) is 5.28. The van der Waals surface area contributed by atoms with Gasteiger partial charge in [-0.15, -0.1) is 0 Å². The number of hydrogen-bond acceptors (Lipinski definition) is 4. The van der Waals surface area contributed by atoms with Gasteiger partial charge in [-0.3, -0.25) is 4.79 Å². The monoisotopic (exact) mass is 324 g/mol. The summed E-state index contributed by atoms with van der Waals surface area (Å²) in [6, 6.07) is 4.05. The quantitative estimate of drug-likeness (QED) is 0.922. The van der Waals surface area contributed by atoms with Crippen molar-refractivity contribution in [3.05, 3.63) is 29.6 Å². The number of ether oxygens (including phenoxy) is 2. The summed E-state index contributed by atoms with van der Waals surface area (Å²) in [5.74, 6) is -0.803. The lowest BCUT2D eigenvalue weighted by atomic mass is 10.0. The molecule has 0 bridgehead atoms. The lowest BCUT2D eigenvalue weighted by Crippen LogP contribution is -2.46. The SMILES string of the molecule is CCOC(=O)N1CCC(NC(=O)c2ccc(OC)c(F)c2)CC1. The van der Waals surface area contributed by atoms with Gasteiger partial charge in [0.2, 0.25) is 0 Å². The van der Waals surface area contributed by atoms with Crippen LogP contribution in [0.2, 0.25) is 0 Å². The predicted octanol–water partition coefficient (Wildman–Crippen LogP) is 2.18. The fraction of sp³-hybridized carbons (Fsp3) is 0.500. The zero-order valence-corrected chi connectivity index (χ0v) is 13.3. The van der Waals surface area contributed by atoms with Gasteiger partial charge in [-0.1, -0.05) is 0 Å². The van der Waals surface area contributed by atoms with Gasteiger partial charge in [0.05, 0.1) is 13.7 Å². The second-order valence-corrected chi connectivity index (χ2v) is 5.28. The predicted molar refractivity (Wildman–Crippen MR) is 82.0 cm³/mol. The molecule has 1 aliphatic rings. The van der Waals surface area contributed by atoms with Crippen molar-refractivity contribution in [2.24, 2.45) is 0 Å². The minimum absolute atomic E-state index is 0.0432. The van der Waals surface area contributed by atoms with Crippen LogP contribution in [0.3, 0.4) is 0 Å². The summed E-state index contributed by atoms with van der Waals surface area (Å²) >= 11 is 0. The van der Waals surface area contributed by atoms with E-state index in [1.807, 2.05) is 0 Å². The van der Waals surface area contributed by atoms with Crippen molar-refractivity contribution in [2.45, 2.75) is 25.8 Å². The smallest absolute Gasteiger partial charge is 0.409 e. The van der Waals surface area contributed by atoms with E-state index >= 15 is 0 Å². The van der Waals surface area contributed by atoms with E-state index in [9.17, 15) is 14.0 Å². The largest absolute Gasteiger partial charge is 0.494 e. The molecule has 1 aromatic rings. The average Bonchev–Trinajstić information content (AvgIpc) is 2.55. The Morgan fingerprint density at radius 3 is 2.61 bits per heavy atom. The zero-order chi connectivity index (χ0) is 16.8. The number of carbonyl (C=O) groups excluding carboxylic acids is 2. The van der Waals surface area contributed by atoms with Gasteiger partial charge in [-0.25, -0.2) is 9.18 Å². The van der Waals surface area contributed by atoms with Crippen molar-refractivity contribution in [1.82, 2.24) is 10.2 Å². The molecule has 0 unspecified atom stereocenters. The molecule has 0 aliphatic carbocycles. The van der Waals surface area contributed by atoms with Crippen LogP contribution < -0.4 is 10.1 Å². The molecule has 2 rings (SSSR count). The molecule has 1 aliphatic heterocycles. The van der Waals surface area contributed by atoms with Gasteiger partial charge in [-0.05, 0) is 38.0 Å². The Morgan fingerprint density at radius 1 is 1.35 bits per heavy atom. The lowest BCUT2D eigenvalue weighted by Gasteiger charge is -2.31. The maximum Gasteiger partial charge on any atom is 0.409 e. The average molecular weight is 324 g/mol. The summed E-state index contributed by atoms with van der Waals surface area (Å²) in [4.78, 5) is 25.4. The number of hydrogen-bond donors (Lipinski definition) is 1. The summed E-state index contributed by atoms with van der Waals surface area (Å²) in [6.07, 6.45) is 0.960. The van der Waals surface area contributed by atoms with Crippen LogP contribution in [0.4, 0.5) is 9.18 Å². The summed E-state index contributed by atoms with van der Waals surface area (Å²) in [6.45, 7) is 3.17. The molecule has 1 fully saturated rings. The first-order valence-electron chi connectivity index (χ1n) is 7.61. The number of methoxy groups -OCH3 is 1. The molecule has 1 aromatic carbocycles. The van der Waals surface area contributed by atoms with Gasteiger partial charge in [0.15, 0.2) is 11.6 Å². The highest BCUT2D eigenvalue weighted by molar-refractivity contribution is 5.94. The molecule has 7 heteroatoms. The Hall–Kier alpha value is -2.31. The third-order valence-electron chi connectivity index (χ3n) is 3.77. The Balaban J connectivity index is 1.87. The Morgan fingerprint density at radius 2 is 2.04 bits per heavy atom. The highest BCUT2D eigenvalue weighted by atomic mass is 19.1. The van der Waals surface area contributed by atoms with Crippen LogP contribution in [-0.4, -0.2) is 49.7 Å². The summed E-state index contributed by atoms with van der Waals surface area (Å²) < 4.78 is 23.4. The van der Waals surface area contributed by atoms with Crippen LogP contribution in [0.1, 0.15) is 30.1 Å². The van der Waals surface area contributed by atoms with Gasteiger partial charge in [0.25, 0.3) is 5.91 Å². The van der Waals surface area contributed by atoms with Crippen LogP contribution in [0, 0.1) is 5.82 Å². The van der Waals surface area contributed by atoms with Crippen LogP contribution in [0.5, 0.6) is 5.75 Å². The van der Waals surface area contributed by atoms with E-state index in [0.717, 1.165) is 6.07 Å². The number of nitrogens with zero attached hydrogens (tertiary/aromatic N) is 1. The molecule has 0 aromatic heterocycles. The number of likely N-dealkylation sites (tertiary alicyclic amines) is 1. The molecule has 23 heavy (non-hydrogen) atoms. The Kier molecular flexibility index (Phi) is 5.78. The number of piperidine rings is 1. The van der Waals surface area contributed by atoms with Crippen LogP contribution in [-0.2, 0) is 4.74 Å². The van der Waals surface area contributed by atoms with E-state index < -0.39 is 5.82 Å². The van der Waals surface area contributed by atoms with Crippen molar-refractivity contribution in [2.75, 3.05) is 26.8 Å². The second kappa shape index (κ2) is 7.80. The molecule has 6 nitrogen and oxygen atoms in total. The molecule has 126 valence electrons. The summed E-state index contributed by atoms with van der Waals surface area (Å²) in [5.41, 5.74) is 0.246. The molecule has 0 saturated carbocycles. The van der Waals surface area contributed by atoms with Gasteiger partial charge in [-0.2, -0.15) is 0 Å². The van der Waals surface area contributed by atoms with E-state index in [1.165, 1.54) is 19.2 Å². The number of nitrogens with one attached hydrogen (secondary N) is 1. The Labute approximate surface area is 134 Å². The molecule has 0 spiro atoms. The minimum Gasteiger partial charge on any atom is -0.494 e. The lowest BCUT2D eigenvalue weighted by molar-refractivity contribution is 0.0859. The van der Waals surface area contributed by atoms with E-state index in [-0.39, 0.29) is 29.4 Å². The number of halogens is 1. The van der Waals surface area contributed by atoms with Gasteiger partial charge in [0.1, 0.15) is 0 Å². The Bertz CT molecular complexity index is 571. The number of rotatable bonds is 4. The van der Waals surface area contributed by atoms with E-state index in [4.69, 9.17) is 9.47 Å². The van der Waals surface area contributed by atoms with Crippen LogP contribution >= 0.6 is 0 Å². The van der Waals surface area contributed by atoms with E-state index in [1.54, 1.807) is 11.8 Å². The van der Waals surface area contributed by atoms with Crippen molar-refractivity contribution in [3.63, 3.8) is 0 Å². The summed E-state index contributed by atoms with van der Waals surface area (Å²) in [5, 5.41) is 2.87. The minimum atomic E-state index is -0.572. The van der Waals surface area contributed by atoms with Crippen LogP contribution in [0.15, 0.2) is 18.2 Å². The maximum absolute atomic E-state index is 13.6. The molecule has 1 heterocycles. The number of amides is 2. The zero-order valence-electron chi connectivity index (χ0n) is 13.3. The molecule has 1 saturated heterocycles. The highest BCUT2D eigenvalue weighted by Crippen LogP contribution is 2.18. The fourth-order valence-corrected chi connectivity index (χ4v) is 2.50. The molecule has 2 amide bonds. The topological polar surface area (TPSA) is 67.9 Å². The molecule has 1 N–H and O–H groups in total. The third kappa shape index (κ3) is 4.34. The van der Waals surface area contributed by atoms with Gasteiger partial charge in [0, 0.05) is 24.7 Å². The van der Waals surface area contributed by atoms with Crippen molar-refractivity contribution in [1.29, 1.82) is 0 Å². The molecular formula is C16H21FN2O4. The van der Waals surface area contributed by atoms with E-state index in [2.05, 4.69) is 5.32 Å². The van der Waals surface area contributed by atoms with E-state index in [0.29, 0.717) is 32.5 Å². The van der Waals surface area contributed by atoms with Crippen molar-refractivity contribution in [3.8, 4) is 5.75 Å². The third-order valence-corrected chi connectivity index (χ3v) is 3.77. The van der Waals surface area contributed by atoms with Gasteiger partial charge < -0.3 is 19.7 Å². The highest BCUT2D eigenvalue weighted by Gasteiger charge is 2.25.